The van der Waals surface area contributed by atoms with Crippen LogP contribution in [0.5, 0.6) is 17.2 Å². The van der Waals surface area contributed by atoms with Crippen molar-refractivity contribution in [3.63, 3.8) is 0 Å². The highest BCUT2D eigenvalue weighted by molar-refractivity contribution is 6.14. The number of hydrogen-bond donors (Lipinski definition) is 0. The van der Waals surface area contributed by atoms with E-state index in [0.29, 0.717) is 13.1 Å². The summed E-state index contributed by atoms with van der Waals surface area (Å²) in [7, 11) is 1.50. The SMILES string of the molecule is COCCOC(=O)c1ccc2c(c1)N(CC(=O)N1CCCCC1)C(=O)c1c(OCC(=O)OCc3ccccc3)cccc1O2. The molecular formula is C33H34N2O9. The van der Waals surface area contributed by atoms with E-state index in [1.807, 2.05) is 30.3 Å². The number of nitrogens with zero attached hydrogens (tertiary/aromatic N) is 2. The minimum absolute atomic E-state index is 0.0372. The first-order chi connectivity index (χ1) is 21.4. The highest BCUT2D eigenvalue weighted by Crippen LogP contribution is 2.42. The van der Waals surface area contributed by atoms with Crippen LogP contribution in [0.4, 0.5) is 5.69 Å². The number of rotatable bonds is 11. The third kappa shape index (κ3) is 7.35. The Kier molecular flexibility index (Phi) is 10.1. The van der Waals surface area contributed by atoms with Gasteiger partial charge in [-0.2, -0.15) is 0 Å². The van der Waals surface area contributed by atoms with E-state index < -0.39 is 24.5 Å². The summed E-state index contributed by atoms with van der Waals surface area (Å²) < 4.78 is 27.5. The van der Waals surface area contributed by atoms with Crippen molar-refractivity contribution in [3.05, 3.63) is 83.4 Å². The summed E-state index contributed by atoms with van der Waals surface area (Å²) in [6, 6.07) is 18.6. The van der Waals surface area contributed by atoms with Crippen molar-refractivity contribution < 1.29 is 42.9 Å². The molecule has 1 saturated heterocycles. The molecular weight excluding hydrogens is 568 g/mol. The van der Waals surface area contributed by atoms with Crippen LogP contribution in [0.2, 0.25) is 0 Å². The molecule has 230 valence electrons. The second-order valence-corrected chi connectivity index (χ2v) is 10.3. The fourth-order valence-electron chi connectivity index (χ4n) is 4.98. The number of methoxy groups -OCH3 is 1. The minimum Gasteiger partial charge on any atom is -0.481 e. The Morgan fingerprint density at radius 3 is 2.43 bits per heavy atom. The largest absolute Gasteiger partial charge is 0.481 e. The van der Waals surface area contributed by atoms with Crippen LogP contribution < -0.4 is 14.4 Å². The van der Waals surface area contributed by atoms with Crippen molar-refractivity contribution in [3.8, 4) is 17.2 Å². The zero-order valence-corrected chi connectivity index (χ0v) is 24.5. The Labute approximate surface area is 255 Å². The van der Waals surface area contributed by atoms with Gasteiger partial charge in [0.15, 0.2) is 12.4 Å². The van der Waals surface area contributed by atoms with Crippen LogP contribution in [-0.2, 0) is 30.4 Å². The van der Waals surface area contributed by atoms with Crippen molar-refractivity contribution >= 4 is 29.4 Å². The molecule has 2 amide bonds. The zero-order valence-electron chi connectivity index (χ0n) is 24.5. The molecule has 0 aliphatic carbocycles. The predicted octanol–water partition coefficient (Wildman–Crippen LogP) is 4.38. The predicted molar refractivity (Wildman–Crippen MR) is 159 cm³/mol. The van der Waals surface area contributed by atoms with Crippen LogP contribution in [0.25, 0.3) is 0 Å². The third-order valence-electron chi connectivity index (χ3n) is 7.26. The van der Waals surface area contributed by atoms with Crippen LogP contribution in [0.3, 0.4) is 0 Å². The molecule has 0 saturated carbocycles. The van der Waals surface area contributed by atoms with E-state index >= 15 is 0 Å². The van der Waals surface area contributed by atoms with Crippen molar-refractivity contribution in [2.45, 2.75) is 25.9 Å². The second-order valence-electron chi connectivity index (χ2n) is 10.3. The highest BCUT2D eigenvalue weighted by atomic mass is 16.6. The number of hydrogen-bond acceptors (Lipinski definition) is 9. The molecule has 1 fully saturated rings. The molecule has 5 rings (SSSR count). The maximum absolute atomic E-state index is 14.2. The molecule has 0 unspecified atom stereocenters. The number of likely N-dealkylation sites (tertiary alicyclic amines) is 1. The smallest absolute Gasteiger partial charge is 0.344 e. The number of carbonyl (C=O) groups is 4. The van der Waals surface area contributed by atoms with Crippen LogP contribution in [0.15, 0.2) is 66.7 Å². The molecule has 11 heteroatoms. The summed E-state index contributed by atoms with van der Waals surface area (Å²) in [5.41, 5.74) is 1.27. The Morgan fingerprint density at radius 1 is 0.864 bits per heavy atom. The quantitative estimate of drug-likeness (QED) is 0.233. The Bertz CT molecular complexity index is 1500. The van der Waals surface area contributed by atoms with Gasteiger partial charge < -0.3 is 28.6 Å². The first kappa shape index (κ1) is 30.6. The van der Waals surface area contributed by atoms with Crippen LogP contribution >= 0.6 is 0 Å². The van der Waals surface area contributed by atoms with Gasteiger partial charge in [0, 0.05) is 20.2 Å². The van der Waals surface area contributed by atoms with E-state index in [4.69, 9.17) is 23.7 Å². The number of esters is 2. The standard InChI is InChI=1S/C33H34N2O9/c1-40-17-18-41-33(39)24-13-14-26-25(19-24)35(20-29(36)34-15-6-3-7-16-34)32(38)31-27(11-8-12-28(31)44-26)42-22-30(37)43-21-23-9-4-2-5-10-23/h2,4-5,8-14,19H,3,6-7,15-18,20-22H2,1H3. The lowest BCUT2D eigenvalue weighted by molar-refractivity contribution is -0.147. The molecule has 2 aliphatic rings. The molecule has 3 aromatic rings. The molecule has 3 aromatic carbocycles. The van der Waals surface area contributed by atoms with Crippen LogP contribution in [0, 0.1) is 0 Å². The highest BCUT2D eigenvalue weighted by Gasteiger charge is 2.34. The van der Waals surface area contributed by atoms with Crippen molar-refractivity contribution in [2.24, 2.45) is 0 Å². The summed E-state index contributed by atoms with van der Waals surface area (Å²) >= 11 is 0. The van der Waals surface area contributed by atoms with Gasteiger partial charge in [-0.05, 0) is 55.2 Å². The Morgan fingerprint density at radius 2 is 1.66 bits per heavy atom. The van der Waals surface area contributed by atoms with Crippen LogP contribution in [-0.4, -0.2) is 75.2 Å². The van der Waals surface area contributed by atoms with E-state index in [-0.39, 0.29) is 66.3 Å². The Hall–Kier alpha value is -4.90. The van der Waals surface area contributed by atoms with Crippen molar-refractivity contribution in [1.82, 2.24) is 4.90 Å². The zero-order chi connectivity index (χ0) is 30.9. The lowest BCUT2D eigenvalue weighted by Crippen LogP contribution is -2.44. The number of piperidine rings is 1. The molecule has 0 N–H and O–H groups in total. The maximum atomic E-state index is 14.2. The van der Waals surface area contributed by atoms with Gasteiger partial charge in [0.1, 0.15) is 36.8 Å². The number of amides is 2. The fraction of sp³-hybridized carbons (Fsp3) is 0.333. The Balaban J connectivity index is 1.41. The van der Waals surface area contributed by atoms with Gasteiger partial charge in [0.25, 0.3) is 5.91 Å². The summed E-state index contributed by atoms with van der Waals surface area (Å²) in [6.45, 7) is 0.831. The molecule has 0 radical (unpaired) electrons. The van der Waals surface area contributed by atoms with Gasteiger partial charge >= 0.3 is 11.9 Å². The first-order valence-electron chi connectivity index (χ1n) is 14.5. The van der Waals surface area contributed by atoms with Gasteiger partial charge in [-0.25, -0.2) is 9.59 Å². The van der Waals surface area contributed by atoms with Gasteiger partial charge in [0.2, 0.25) is 5.91 Å². The summed E-state index contributed by atoms with van der Waals surface area (Å²) in [5.74, 6) is -1.52. The van der Waals surface area contributed by atoms with Crippen LogP contribution in [0.1, 0.15) is 45.5 Å². The van der Waals surface area contributed by atoms with E-state index in [9.17, 15) is 19.2 Å². The average molecular weight is 603 g/mol. The monoisotopic (exact) mass is 602 g/mol. The second kappa shape index (κ2) is 14.5. The molecule has 11 nitrogen and oxygen atoms in total. The number of ether oxygens (including phenoxy) is 5. The molecule has 0 bridgehead atoms. The lowest BCUT2D eigenvalue weighted by Gasteiger charge is -2.30. The van der Waals surface area contributed by atoms with E-state index in [1.54, 1.807) is 29.2 Å². The molecule has 44 heavy (non-hydrogen) atoms. The number of benzene rings is 3. The van der Waals surface area contributed by atoms with Gasteiger partial charge in [-0.3, -0.25) is 14.5 Å². The molecule has 2 heterocycles. The van der Waals surface area contributed by atoms with Crippen molar-refractivity contribution in [1.29, 1.82) is 0 Å². The lowest BCUT2D eigenvalue weighted by atomic mass is 10.1. The number of fused-ring (bicyclic) bond motifs is 2. The van der Waals surface area contributed by atoms with E-state index in [1.165, 1.54) is 24.1 Å². The minimum atomic E-state index is -0.620. The normalized spacial score (nSPS) is 14.1. The summed E-state index contributed by atoms with van der Waals surface area (Å²) in [6.07, 6.45) is 2.82. The maximum Gasteiger partial charge on any atom is 0.344 e. The molecule has 0 aromatic heterocycles. The average Bonchev–Trinajstić information content (AvgIpc) is 3.17. The number of carbonyl (C=O) groups excluding carboxylic acids is 4. The van der Waals surface area contributed by atoms with Gasteiger partial charge in [0.05, 0.1) is 17.9 Å². The summed E-state index contributed by atoms with van der Waals surface area (Å²) in [4.78, 5) is 55.9. The molecule has 2 aliphatic heterocycles. The fourth-order valence-corrected chi connectivity index (χ4v) is 4.98. The van der Waals surface area contributed by atoms with E-state index in [0.717, 1.165) is 24.8 Å². The summed E-state index contributed by atoms with van der Waals surface area (Å²) in [5, 5.41) is 0. The van der Waals surface area contributed by atoms with Gasteiger partial charge in [-0.1, -0.05) is 36.4 Å². The van der Waals surface area contributed by atoms with Crippen molar-refractivity contribution in [2.75, 3.05) is 51.5 Å². The molecule has 0 atom stereocenters. The molecule has 0 spiro atoms. The topological polar surface area (TPSA) is 121 Å². The number of anilines is 1. The van der Waals surface area contributed by atoms with E-state index in [2.05, 4.69) is 0 Å². The van der Waals surface area contributed by atoms with Gasteiger partial charge in [-0.15, -0.1) is 0 Å². The third-order valence-corrected chi connectivity index (χ3v) is 7.26. The first-order valence-corrected chi connectivity index (χ1v) is 14.5.